The van der Waals surface area contributed by atoms with Gasteiger partial charge >= 0.3 is 0 Å². The van der Waals surface area contributed by atoms with Gasteiger partial charge in [0, 0.05) is 21.6 Å². The first-order valence-corrected chi connectivity index (χ1v) is 12.3. The zero-order valence-corrected chi connectivity index (χ0v) is 19.5. The highest BCUT2D eigenvalue weighted by molar-refractivity contribution is 14.1. The summed E-state index contributed by atoms with van der Waals surface area (Å²) in [4.78, 5) is 14.3. The Labute approximate surface area is 185 Å². The highest BCUT2D eigenvalue weighted by Gasteiger charge is 2.20. The molecular weight excluding hydrogens is 529 g/mol. The van der Waals surface area contributed by atoms with E-state index in [0.717, 1.165) is 19.9 Å². The molecule has 0 fully saturated rings. The highest BCUT2D eigenvalue weighted by atomic mass is 127. The van der Waals surface area contributed by atoms with Gasteiger partial charge in [-0.3, -0.25) is 0 Å². The van der Waals surface area contributed by atoms with Gasteiger partial charge in [0.25, 0.3) is 0 Å². The molecule has 2 aromatic heterocycles. The summed E-state index contributed by atoms with van der Waals surface area (Å²) in [7, 11) is -3.27. The topological polar surface area (TPSA) is 108 Å². The van der Waals surface area contributed by atoms with Crippen molar-refractivity contribution in [3.05, 3.63) is 27.7 Å². The van der Waals surface area contributed by atoms with Gasteiger partial charge in [-0.1, -0.05) is 11.8 Å². The van der Waals surface area contributed by atoms with Crippen LogP contribution in [0, 0.1) is 10.5 Å². The number of imidazole rings is 1. The third-order valence-corrected chi connectivity index (χ3v) is 8.06. The molecule has 0 saturated heterocycles. The number of aryl methyl sites for hydroxylation is 1. The minimum atomic E-state index is -3.27. The van der Waals surface area contributed by atoms with Crippen LogP contribution >= 0.6 is 34.4 Å². The van der Waals surface area contributed by atoms with Gasteiger partial charge in [-0.15, -0.1) is 0 Å². The van der Waals surface area contributed by atoms with Crippen LogP contribution in [0.5, 0.6) is 11.5 Å². The lowest BCUT2D eigenvalue weighted by molar-refractivity contribution is 0.174. The van der Waals surface area contributed by atoms with Gasteiger partial charge in [-0.05, 0) is 48.6 Å². The number of benzene rings is 1. The van der Waals surface area contributed by atoms with Crippen LogP contribution in [0.25, 0.3) is 11.2 Å². The molecule has 1 aliphatic rings. The van der Waals surface area contributed by atoms with Gasteiger partial charge in [0.15, 0.2) is 22.3 Å². The molecule has 1 aliphatic heterocycles. The summed E-state index contributed by atoms with van der Waals surface area (Å²) in [5.41, 5.74) is 2.14. The number of hydrogen-bond acceptors (Lipinski definition) is 8. The lowest BCUT2D eigenvalue weighted by Crippen LogP contribution is -2.28. The van der Waals surface area contributed by atoms with Gasteiger partial charge in [-0.2, -0.15) is 0 Å². The van der Waals surface area contributed by atoms with Crippen molar-refractivity contribution >= 4 is 55.5 Å². The molecule has 1 aromatic carbocycles. The third kappa shape index (κ3) is 4.29. The summed E-state index contributed by atoms with van der Waals surface area (Å²) >= 11 is 3.72. The molecule has 0 spiro atoms. The smallest absolute Gasteiger partial charge is 0.231 e. The van der Waals surface area contributed by atoms with Crippen molar-refractivity contribution in [2.45, 2.75) is 30.4 Å². The SMILES string of the molecule is CCS(=O)(=O)NCCn1c(Sc2cc3c(cc2I)OCO3)nc2c(C)ncnc21. The van der Waals surface area contributed by atoms with Crippen LogP contribution in [0.1, 0.15) is 12.6 Å². The first-order chi connectivity index (χ1) is 13.9. The molecule has 12 heteroatoms. The number of sulfonamides is 1. The summed E-state index contributed by atoms with van der Waals surface area (Å²) in [6, 6.07) is 3.86. The Morgan fingerprint density at radius 2 is 2.03 bits per heavy atom. The molecule has 0 unspecified atom stereocenters. The summed E-state index contributed by atoms with van der Waals surface area (Å²) in [6.07, 6.45) is 1.49. The lowest BCUT2D eigenvalue weighted by atomic mass is 10.3. The van der Waals surface area contributed by atoms with Crippen molar-refractivity contribution in [2.75, 3.05) is 19.1 Å². The van der Waals surface area contributed by atoms with E-state index in [1.807, 2.05) is 23.6 Å². The van der Waals surface area contributed by atoms with Gasteiger partial charge in [0.2, 0.25) is 16.8 Å². The molecule has 0 atom stereocenters. The minimum Gasteiger partial charge on any atom is -0.454 e. The van der Waals surface area contributed by atoms with Crippen LogP contribution in [0.3, 0.4) is 0 Å². The van der Waals surface area contributed by atoms with Crippen LogP contribution < -0.4 is 14.2 Å². The van der Waals surface area contributed by atoms with Crippen molar-refractivity contribution in [3.63, 3.8) is 0 Å². The molecule has 4 rings (SSSR count). The van der Waals surface area contributed by atoms with Crippen molar-refractivity contribution in [2.24, 2.45) is 0 Å². The predicted molar refractivity (Wildman–Crippen MR) is 117 cm³/mol. The average Bonchev–Trinajstić information content (AvgIpc) is 3.27. The van der Waals surface area contributed by atoms with Crippen LogP contribution in [0.15, 0.2) is 28.5 Å². The lowest BCUT2D eigenvalue weighted by Gasteiger charge is -2.10. The van der Waals surface area contributed by atoms with E-state index < -0.39 is 10.0 Å². The standard InChI is InChI=1S/C17H18IN5O4S2/c1-3-29(24,25)21-4-5-23-16-15(10(2)19-8-20-16)22-17(23)28-14-7-13-12(6-11(14)18)26-9-27-13/h6-8,21H,3-5,9H2,1-2H3. The Morgan fingerprint density at radius 3 is 2.79 bits per heavy atom. The maximum Gasteiger partial charge on any atom is 0.231 e. The van der Waals surface area contributed by atoms with E-state index in [-0.39, 0.29) is 19.1 Å². The second-order valence-corrected chi connectivity index (χ2v) is 10.5. The number of hydrogen-bond donors (Lipinski definition) is 1. The van der Waals surface area contributed by atoms with Crippen LogP contribution in [0.4, 0.5) is 0 Å². The van der Waals surface area contributed by atoms with Crippen LogP contribution in [-0.4, -0.2) is 47.0 Å². The van der Waals surface area contributed by atoms with Crippen molar-refractivity contribution in [1.82, 2.24) is 24.2 Å². The predicted octanol–water partition coefficient (Wildman–Crippen LogP) is 2.56. The molecule has 9 nitrogen and oxygen atoms in total. The number of rotatable bonds is 7. The van der Waals surface area contributed by atoms with E-state index >= 15 is 0 Å². The largest absolute Gasteiger partial charge is 0.454 e. The minimum absolute atomic E-state index is 0.0377. The maximum atomic E-state index is 11.8. The molecule has 3 heterocycles. The van der Waals surface area contributed by atoms with Gasteiger partial charge < -0.3 is 14.0 Å². The van der Waals surface area contributed by atoms with E-state index in [2.05, 4.69) is 37.3 Å². The molecule has 3 aromatic rings. The molecular formula is C17H18IN5O4S2. The summed E-state index contributed by atoms with van der Waals surface area (Å²) < 4.78 is 40.0. The number of ether oxygens (including phenoxy) is 2. The van der Waals surface area contributed by atoms with Crippen LogP contribution in [-0.2, 0) is 16.6 Å². The van der Waals surface area contributed by atoms with E-state index in [9.17, 15) is 8.42 Å². The summed E-state index contributed by atoms with van der Waals surface area (Å²) in [6.45, 7) is 4.34. The second-order valence-electron chi connectivity index (χ2n) is 6.21. The molecule has 0 bridgehead atoms. The Balaban J connectivity index is 1.69. The number of nitrogens with zero attached hydrogens (tertiary/aromatic N) is 4. The highest BCUT2D eigenvalue weighted by Crippen LogP contribution is 2.41. The maximum absolute atomic E-state index is 11.8. The molecule has 0 amide bonds. The Kier molecular flexibility index (Phi) is 5.86. The number of fused-ring (bicyclic) bond motifs is 2. The second kappa shape index (κ2) is 8.24. The zero-order chi connectivity index (χ0) is 20.6. The average molecular weight is 547 g/mol. The van der Waals surface area contributed by atoms with Crippen LogP contribution in [0.2, 0.25) is 0 Å². The van der Waals surface area contributed by atoms with E-state index in [1.165, 1.54) is 18.1 Å². The quantitative estimate of drug-likeness (QED) is 0.450. The first-order valence-electron chi connectivity index (χ1n) is 8.80. The fourth-order valence-corrected chi connectivity index (χ4v) is 5.12. The Bertz CT molecular complexity index is 1180. The van der Waals surface area contributed by atoms with E-state index in [0.29, 0.717) is 28.6 Å². The molecule has 29 heavy (non-hydrogen) atoms. The normalized spacial score (nSPS) is 13.3. The number of halogens is 1. The van der Waals surface area contributed by atoms with Gasteiger partial charge in [-0.25, -0.2) is 28.1 Å². The van der Waals surface area contributed by atoms with E-state index in [1.54, 1.807) is 6.92 Å². The molecule has 0 aliphatic carbocycles. The molecule has 154 valence electrons. The molecule has 0 radical (unpaired) electrons. The van der Waals surface area contributed by atoms with Gasteiger partial charge in [0.1, 0.15) is 11.8 Å². The summed E-state index contributed by atoms with van der Waals surface area (Å²) in [5, 5.41) is 0.705. The fraction of sp³-hybridized carbons (Fsp3) is 0.353. The molecule has 0 saturated carbocycles. The third-order valence-electron chi connectivity index (χ3n) is 4.35. The number of nitrogens with one attached hydrogen (secondary N) is 1. The first kappa shape index (κ1) is 20.6. The van der Waals surface area contributed by atoms with Crippen molar-refractivity contribution in [3.8, 4) is 11.5 Å². The van der Waals surface area contributed by atoms with Crippen molar-refractivity contribution < 1.29 is 17.9 Å². The van der Waals surface area contributed by atoms with Gasteiger partial charge in [0.05, 0.1) is 11.4 Å². The monoisotopic (exact) mass is 547 g/mol. The van der Waals surface area contributed by atoms with E-state index in [4.69, 9.17) is 14.5 Å². The molecule has 1 N–H and O–H groups in total. The summed E-state index contributed by atoms with van der Waals surface area (Å²) in [5.74, 6) is 1.46. The number of aromatic nitrogens is 4. The fourth-order valence-electron chi connectivity index (χ4n) is 2.80. The Hall–Kier alpha value is -1.64. The zero-order valence-electron chi connectivity index (χ0n) is 15.7. The Morgan fingerprint density at radius 1 is 1.28 bits per heavy atom. The van der Waals surface area contributed by atoms with Crippen molar-refractivity contribution in [1.29, 1.82) is 0 Å².